The van der Waals surface area contributed by atoms with Gasteiger partial charge in [-0.25, -0.2) is 8.42 Å². The van der Waals surface area contributed by atoms with Crippen LogP contribution in [0.5, 0.6) is 5.75 Å². The number of aryl methyl sites for hydroxylation is 2. The van der Waals surface area contributed by atoms with E-state index in [0.717, 1.165) is 18.5 Å². The van der Waals surface area contributed by atoms with E-state index in [1.165, 1.54) is 11.2 Å². The standard InChI is InChI=1S/C18H27N3O4S/c1-12-8-17(13(2)7-16(12)25-4)26(23,24)21-10-15-9-19-6-5-18(15,11-21)20-14(3)22/h7-8,15,19H,5-6,9-11H2,1-4H3,(H,20,22)/t15-,18-/m1/s1. The molecule has 2 aliphatic rings. The smallest absolute Gasteiger partial charge is 0.243 e. The SMILES string of the molecule is COc1cc(C)c(S(=O)(=O)N2C[C@H]3CNCC[C@@]3(NC(C)=O)C2)cc1C. The molecule has 2 saturated heterocycles. The van der Waals surface area contributed by atoms with Gasteiger partial charge in [0.25, 0.3) is 0 Å². The van der Waals surface area contributed by atoms with E-state index >= 15 is 0 Å². The molecule has 3 rings (SSSR count). The summed E-state index contributed by atoms with van der Waals surface area (Å²) >= 11 is 0. The average molecular weight is 381 g/mol. The summed E-state index contributed by atoms with van der Waals surface area (Å²) in [6.45, 7) is 7.29. The molecule has 0 spiro atoms. The molecule has 2 aliphatic heterocycles. The number of fused-ring (bicyclic) bond motifs is 1. The molecular weight excluding hydrogens is 354 g/mol. The highest BCUT2D eigenvalue weighted by Crippen LogP contribution is 2.37. The number of carbonyl (C=O) groups excluding carboxylic acids is 1. The third kappa shape index (κ3) is 3.21. The van der Waals surface area contributed by atoms with Gasteiger partial charge in [-0.3, -0.25) is 4.79 Å². The maximum atomic E-state index is 13.3. The van der Waals surface area contributed by atoms with Crippen molar-refractivity contribution in [3.63, 3.8) is 0 Å². The number of piperidine rings is 1. The minimum absolute atomic E-state index is 0.0644. The molecule has 0 saturated carbocycles. The number of hydrogen-bond acceptors (Lipinski definition) is 5. The Bertz CT molecular complexity index is 824. The normalized spacial score (nSPS) is 26.4. The van der Waals surface area contributed by atoms with Gasteiger partial charge in [-0.2, -0.15) is 4.31 Å². The topological polar surface area (TPSA) is 87.7 Å². The first kappa shape index (κ1) is 19.1. The second kappa shape index (κ2) is 6.83. The monoisotopic (exact) mass is 381 g/mol. The maximum Gasteiger partial charge on any atom is 0.243 e. The molecule has 2 heterocycles. The third-order valence-corrected chi connectivity index (χ3v) is 7.49. The molecule has 1 aromatic rings. The number of methoxy groups -OCH3 is 1. The number of nitrogens with zero attached hydrogens (tertiary/aromatic N) is 1. The first-order chi connectivity index (χ1) is 12.2. The van der Waals surface area contributed by atoms with Crippen molar-refractivity contribution in [1.82, 2.24) is 14.9 Å². The molecule has 8 heteroatoms. The van der Waals surface area contributed by atoms with Crippen LogP contribution in [-0.4, -0.2) is 57.5 Å². The molecule has 2 atom stereocenters. The molecule has 2 N–H and O–H groups in total. The number of benzene rings is 1. The lowest BCUT2D eigenvalue weighted by Gasteiger charge is -2.39. The molecular formula is C18H27N3O4S. The zero-order valence-electron chi connectivity index (χ0n) is 15.8. The number of amides is 1. The van der Waals surface area contributed by atoms with Gasteiger partial charge in [-0.1, -0.05) is 0 Å². The van der Waals surface area contributed by atoms with Crippen LogP contribution in [0.2, 0.25) is 0 Å². The highest BCUT2D eigenvalue weighted by Gasteiger charge is 2.51. The predicted octanol–water partition coefficient (Wildman–Crippen LogP) is 0.801. The molecule has 0 radical (unpaired) electrons. The number of rotatable bonds is 4. The quantitative estimate of drug-likeness (QED) is 0.806. The van der Waals surface area contributed by atoms with Crippen LogP contribution in [0, 0.1) is 19.8 Å². The molecule has 0 aliphatic carbocycles. The Morgan fingerprint density at radius 1 is 1.35 bits per heavy atom. The molecule has 0 bridgehead atoms. The van der Waals surface area contributed by atoms with Crippen molar-refractivity contribution in [1.29, 1.82) is 0 Å². The van der Waals surface area contributed by atoms with Crippen LogP contribution in [0.1, 0.15) is 24.5 Å². The van der Waals surface area contributed by atoms with E-state index in [4.69, 9.17) is 4.74 Å². The van der Waals surface area contributed by atoms with Crippen molar-refractivity contribution in [2.75, 3.05) is 33.3 Å². The zero-order valence-corrected chi connectivity index (χ0v) is 16.6. The highest BCUT2D eigenvalue weighted by molar-refractivity contribution is 7.89. The minimum Gasteiger partial charge on any atom is -0.496 e. The molecule has 2 fully saturated rings. The lowest BCUT2D eigenvalue weighted by molar-refractivity contribution is -0.121. The van der Waals surface area contributed by atoms with Gasteiger partial charge >= 0.3 is 0 Å². The Morgan fingerprint density at radius 3 is 2.73 bits per heavy atom. The number of sulfonamides is 1. The molecule has 0 unspecified atom stereocenters. The van der Waals surface area contributed by atoms with Gasteiger partial charge in [-0.15, -0.1) is 0 Å². The summed E-state index contributed by atoms with van der Waals surface area (Å²) in [6.07, 6.45) is 0.726. The van der Waals surface area contributed by atoms with Crippen LogP contribution >= 0.6 is 0 Å². The van der Waals surface area contributed by atoms with E-state index < -0.39 is 15.6 Å². The fourth-order valence-electron chi connectivity index (χ4n) is 4.20. The van der Waals surface area contributed by atoms with Gasteiger partial charge in [0, 0.05) is 32.5 Å². The lowest BCUT2D eigenvalue weighted by atomic mass is 9.81. The van der Waals surface area contributed by atoms with Crippen LogP contribution in [0.3, 0.4) is 0 Å². The second-order valence-electron chi connectivity index (χ2n) is 7.37. The molecule has 144 valence electrons. The first-order valence-electron chi connectivity index (χ1n) is 8.84. The van der Waals surface area contributed by atoms with Gasteiger partial charge in [-0.05, 0) is 50.1 Å². The summed E-state index contributed by atoms with van der Waals surface area (Å²) in [5.41, 5.74) is 0.958. The van der Waals surface area contributed by atoms with Crippen molar-refractivity contribution in [2.45, 2.75) is 37.6 Å². The Hall–Kier alpha value is -1.64. The molecule has 7 nitrogen and oxygen atoms in total. The van der Waals surface area contributed by atoms with Crippen molar-refractivity contribution >= 4 is 15.9 Å². The Labute approximate surface area is 155 Å². The van der Waals surface area contributed by atoms with E-state index in [-0.39, 0.29) is 11.8 Å². The lowest BCUT2D eigenvalue weighted by Crippen LogP contribution is -2.60. The minimum atomic E-state index is -3.65. The van der Waals surface area contributed by atoms with Gasteiger partial charge in [0.1, 0.15) is 5.75 Å². The summed E-state index contributed by atoms with van der Waals surface area (Å²) in [7, 11) is -2.08. The number of ether oxygens (including phenoxy) is 1. The summed E-state index contributed by atoms with van der Waals surface area (Å²) in [6, 6.07) is 3.44. The second-order valence-corrected chi connectivity index (χ2v) is 9.28. The highest BCUT2D eigenvalue weighted by atomic mass is 32.2. The van der Waals surface area contributed by atoms with Crippen LogP contribution in [-0.2, 0) is 14.8 Å². The number of nitrogens with one attached hydrogen (secondary N) is 2. The largest absolute Gasteiger partial charge is 0.496 e. The van der Waals surface area contributed by atoms with Crippen molar-refractivity contribution in [3.05, 3.63) is 23.3 Å². The number of hydrogen-bond donors (Lipinski definition) is 2. The van der Waals surface area contributed by atoms with E-state index in [2.05, 4.69) is 10.6 Å². The van der Waals surface area contributed by atoms with Crippen LogP contribution in [0.25, 0.3) is 0 Å². The molecule has 26 heavy (non-hydrogen) atoms. The predicted molar refractivity (Wildman–Crippen MR) is 98.8 cm³/mol. The van der Waals surface area contributed by atoms with Crippen LogP contribution in [0.4, 0.5) is 0 Å². The molecule has 1 aromatic carbocycles. The van der Waals surface area contributed by atoms with Crippen molar-refractivity contribution in [2.24, 2.45) is 5.92 Å². The van der Waals surface area contributed by atoms with E-state index in [0.29, 0.717) is 35.8 Å². The Kier molecular flexibility index (Phi) is 5.02. The van der Waals surface area contributed by atoms with E-state index in [1.54, 1.807) is 26.2 Å². The zero-order chi connectivity index (χ0) is 19.1. The third-order valence-electron chi connectivity index (χ3n) is 5.54. The first-order valence-corrected chi connectivity index (χ1v) is 10.3. The summed E-state index contributed by atoms with van der Waals surface area (Å²) < 4.78 is 33.5. The van der Waals surface area contributed by atoms with E-state index in [1.807, 2.05) is 6.92 Å². The summed E-state index contributed by atoms with van der Waals surface area (Å²) in [5.74, 6) is 0.623. The Morgan fingerprint density at radius 2 is 2.08 bits per heavy atom. The van der Waals surface area contributed by atoms with Crippen molar-refractivity contribution in [3.8, 4) is 5.75 Å². The van der Waals surface area contributed by atoms with E-state index in [9.17, 15) is 13.2 Å². The maximum absolute atomic E-state index is 13.3. The summed E-state index contributed by atoms with van der Waals surface area (Å²) in [5, 5.41) is 6.36. The van der Waals surface area contributed by atoms with Gasteiger partial charge in [0.05, 0.1) is 17.5 Å². The van der Waals surface area contributed by atoms with Crippen molar-refractivity contribution < 1.29 is 17.9 Å². The van der Waals surface area contributed by atoms with Gasteiger partial charge in [0.15, 0.2) is 0 Å². The Balaban J connectivity index is 1.96. The summed E-state index contributed by atoms with van der Waals surface area (Å²) in [4.78, 5) is 12.0. The molecule has 0 aromatic heterocycles. The van der Waals surface area contributed by atoms with Crippen LogP contribution < -0.4 is 15.4 Å². The number of carbonyl (C=O) groups is 1. The average Bonchev–Trinajstić information content (AvgIpc) is 2.95. The fourth-order valence-corrected chi connectivity index (χ4v) is 6.04. The van der Waals surface area contributed by atoms with Crippen LogP contribution in [0.15, 0.2) is 17.0 Å². The molecule has 1 amide bonds. The van der Waals surface area contributed by atoms with Gasteiger partial charge < -0.3 is 15.4 Å². The fraction of sp³-hybridized carbons (Fsp3) is 0.611. The van der Waals surface area contributed by atoms with Gasteiger partial charge in [0.2, 0.25) is 15.9 Å².